The van der Waals surface area contributed by atoms with Crippen LogP contribution in [-0.4, -0.2) is 58.4 Å². The normalized spacial score (nSPS) is 36.3. The molecule has 3 heterocycles. The van der Waals surface area contributed by atoms with Crippen LogP contribution in [0.5, 0.6) is 0 Å². The maximum absolute atomic E-state index is 14.2. The zero-order valence-electron chi connectivity index (χ0n) is 22.0. The predicted molar refractivity (Wildman–Crippen MR) is 146 cm³/mol. The summed E-state index contributed by atoms with van der Waals surface area (Å²) in [5, 5.41) is 6.92. The number of fused-ring (bicyclic) bond motifs is 4. The lowest BCUT2D eigenvalue weighted by Gasteiger charge is -2.56. The van der Waals surface area contributed by atoms with Crippen molar-refractivity contribution in [3.05, 3.63) is 30.3 Å². The van der Waals surface area contributed by atoms with E-state index in [1.165, 1.54) is 57.8 Å². The maximum atomic E-state index is 14.2. The first-order valence-electron chi connectivity index (χ1n) is 14.7. The number of likely N-dealkylation sites (tertiary alicyclic amines) is 1. The molecule has 2 saturated carbocycles. The summed E-state index contributed by atoms with van der Waals surface area (Å²) in [7, 11) is 0. The monoisotopic (exact) mass is 505 g/mol. The van der Waals surface area contributed by atoms with E-state index in [-0.39, 0.29) is 24.0 Å². The summed E-state index contributed by atoms with van der Waals surface area (Å²) in [5.41, 5.74) is 14.2. The van der Waals surface area contributed by atoms with E-state index in [1.807, 2.05) is 23.1 Å². The van der Waals surface area contributed by atoms with Gasteiger partial charge in [0.25, 0.3) is 0 Å². The van der Waals surface area contributed by atoms with E-state index in [4.69, 9.17) is 11.3 Å². The average Bonchev–Trinajstić information content (AvgIpc) is 3.39. The van der Waals surface area contributed by atoms with Gasteiger partial charge in [0.15, 0.2) is 0 Å². The molecule has 2 aliphatic carbocycles. The Balaban J connectivity index is 1.26. The van der Waals surface area contributed by atoms with Gasteiger partial charge >= 0.3 is 6.03 Å². The number of nitrogens with zero attached hydrogens (tertiary/aromatic N) is 5. The lowest BCUT2D eigenvalue weighted by atomic mass is 9.68. The molecule has 3 aliphatic heterocycles. The minimum absolute atomic E-state index is 0.0283. The Kier molecular flexibility index (Phi) is 7.19. The molecular formula is C29H43N7O. The summed E-state index contributed by atoms with van der Waals surface area (Å²) in [4.78, 5) is 21.2. The largest absolute Gasteiger partial charge is 0.384 e. The Morgan fingerprint density at radius 2 is 1.54 bits per heavy atom. The van der Waals surface area contributed by atoms with Crippen molar-refractivity contribution in [2.75, 3.05) is 11.4 Å². The van der Waals surface area contributed by atoms with E-state index in [2.05, 4.69) is 32.3 Å². The lowest BCUT2D eigenvalue weighted by Crippen LogP contribution is -2.63. The molecule has 5 atom stereocenters. The van der Waals surface area contributed by atoms with Crippen molar-refractivity contribution in [3.8, 4) is 0 Å². The van der Waals surface area contributed by atoms with Crippen molar-refractivity contribution in [3.63, 3.8) is 0 Å². The number of amides is 2. The molecule has 8 nitrogen and oxygen atoms in total. The van der Waals surface area contributed by atoms with Crippen LogP contribution < -0.4 is 10.6 Å². The second kappa shape index (κ2) is 10.7. The molecule has 4 bridgehead atoms. The highest BCUT2D eigenvalue weighted by Crippen LogP contribution is 2.46. The highest BCUT2D eigenvalue weighted by molar-refractivity contribution is 5.97. The third kappa shape index (κ3) is 4.89. The molecule has 2 amide bonds. The van der Waals surface area contributed by atoms with Gasteiger partial charge in [0.1, 0.15) is 5.84 Å². The van der Waals surface area contributed by atoms with Crippen molar-refractivity contribution >= 4 is 17.6 Å². The topological polar surface area (TPSA) is 101 Å². The molecule has 1 aromatic rings. The quantitative estimate of drug-likeness (QED) is 0.231. The summed E-state index contributed by atoms with van der Waals surface area (Å²) in [6.07, 6.45) is 16.2. The molecule has 0 spiro atoms. The Hall–Kier alpha value is -2.48. The molecule has 200 valence electrons. The molecular weight excluding hydrogens is 462 g/mol. The molecule has 3 N–H and O–H groups in total. The zero-order chi connectivity index (χ0) is 25.4. The number of carbonyl (C=O) groups excluding carboxylic acids is 1. The number of piperidine rings is 2. The van der Waals surface area contributed by atoms with Crippen molar-refractivity contribution in [1.82, 2.24) is 9.80 Å². The first-order valence-corrected chi connectivity index (χ1v) is 14.7. The molecule has 6 rings (SSSR count). The standard InChI is InChI=1S/C29H43N7O/c30-28(32-33-31)27-13-6-14-34(27)29(37)36(22-9-2-1-3-10-22)26-18-23-11-5-12-24(19-26)35(23)25-16-20-7-4-8-21(15-20)17-25/h1-3,9-10,20-21,23-27H,4-8,11-19H2,(H3,30,31,32). The molecule has 5 unspecified atom stereocenters. The van der Waals surface area contributed by atoms with Crippen LogP contribution in [0.3, 0.4) is 0 Å². The summed E-state index contributed by atoms with van der Waals surface area (Å²) in [5.74, 6) is 2.14. The Labute approximate surface area is 221 Å². The van der Waals surface area contributed by atoms with Gasteiger partial charge in [0, 0.05) is 36.4 Å². The van der Waals surface area contributed by atoms with Crippen LogP contribution in [0.25, 0.3) is 0 Å². The first-order chi connectivity index (χ1) is 18.1. The zero-order valence-corrected chi connectivity index (χ0v) is 22.0. The van der Waals surface area contributed by atoms with Crippen molar-refractivity contribution in [2.24, 2.45) is 27.9 Å². The number of hydrogen-bond acceptors (Lipinski definition) is 4. The third-order valence-electron chi connectivity index (χ3n) is 10.1. The van der Waals surface area contributed by atoms with Gasteiger partial charge in [-0.05, 0) is 81.8 Å². The Bertz CT molecular complexity index is 973. The van der Waals surface area contributed by atoms with Gasteiger partial charge in [-0.1, -0.05) is 49.1 Å². The number of carbonyl (C=O) groups is 1. The fourth-order valence-electron chi connectivity index (χ4n) is 8.77. The number of nitrogens with two attached hydrogens (primary N) is 1. The summed E-state index contributed by atoms with van der Waals surface area (Å²) >= 11 is 0. The smallest absolute Gasteiger partial charge is 0.325 e. The van der Waals surface area contributed by atoms with Crippen LogP contribution in [0.4, 0.5) is 10.5 Å². The Morgan fingerprint density at radius 1 is 0.865 bits per heavy atom. The molecule has 0 aromatic heterocycles. The molecule has 5 fully saturated rings. The van der Waals surface area contributed by atoms with Crippen LogP contribution in [0.2, 0.25) is 0 Å². The van der Waals surface area contributed by atoms with Gasteiger partial charge in [0.05, 0.1) is 6.04 Å². The van der Waals surface area contributed by atoms with E-state index in [0.717, 1.165) is 49.2 Å². The van der Waals surface area contributed by atoms with Crippen LogP contribution >= 0.6 is 0 Å². The van der Waals surface area contributed by atoms with Crippen molar-refractivity contribution < 1.29 is 4.79 Å². The highest BCUT2D eigenvalue weighted by atomic mass is 16.2. The summed E-state index contributed by atoms with van der Waals surface area (Å²) < 4.78 is 0. The summed E-state index contributed by atoms with van der Waals surface area (Å²) in [6.45, 7) is 0.664. The fourth-order valence-corrected chi connectivity index (χ4v) is 8.77. The van der Waals surface area contributed by atoms with E-state index in [1.54, 1.807) is 0 Å². The average molecular weight is 506 g/mol. The van der Waals surface area contributed by atoms with Crippen LogP contribution in [0.1, 0.15) is 83.5 Å². The van der Waals surface area contributed by atoms with Gasteiger partial charge in [-0.25, -0.2) is 4.79 Å². The van der Waals surface area contributed by atoms with Gasteiger partial charge in [-0.3, -0.25) is 9.80 Å². The van der Waals surface area contributed by atoms with E-state index in [0.29, 0.717) is 18.6 Å². The van der Waals surface area contributed by atoms with E-state index < -0.39 is 0 Å². The first kappa shape index (κ1) is 24.8. The number of rotatable bonds is 5. The highest BCUT2D eigenvalue weighted by Gasteiger charge is 2.47. The molecule has 37 heavy (non-hydrogen) atoms. The van der Waals surface area contributed by atoms with Crippen molar-refractivity contribution in [1.29, 1.82) is 5.53 Å². The summed E-state index contributed by atoms with van der Waals surface area (Å²) in [6, 6.07) is 12.0. The van der Waals surface area contributed by atoms with Gasteiger partial charge in [0.2, 0.25) is 0 Å². The number of benzene rings is 1. The number of anilines is 1. The predicted octanol–water partition coefficient (Wildman–Crippen LogP) is 5.73. The molecule has 1 aromatic carbocycles. The van der Waals surface area contributed by atoms with Crippen LogP contribution in [0.15, 0.2) is 40.7 Å². The lowest BCUT2D eigenvalue weighted by molar-refractivity contribution is -0.0404. The molecule has 3 saturated heterocycles. The number of hydrogen-bond donors (Lipinski definition) is 2. The van der Waals surface area contributed by atoms with Crippen molar-refractivity contribution in [2.45, 2.75) is 114 Å². The van der Waals surface area contributed by atoms with Crippen LogP contribution in [-0.2, 0) is 0 Å². The van der Waals surface area contributed by atoms with Gasteiger partial charge < -0.3 is 10.6 Å². The van der Waals surface area contributed by atoms with E-state index in [9.17, 15) is 4.79 Å². The number of nitrogens with one attached hydrogen (secondary N) is 1. The molecule has 5 aliphatic rings. The van der Waals surface area contributed by atoms with Crippen LogP contribution in [0, 0.1) is 17.4 Å². The maximum Gasteiger partial charge on any atom is 0.325 e. The SMILES string of the molecule is N=NN=C(N)C1CCCN1C(=O)N(c1ccccc1)C1CC2CCCC(C1)N2C1CC2CCCC(C2)C1. The third-order valence-corrected chi connectivity index (χ3v) is 10.1. The number of para-hydroxylation sites is 1. The van der Waals surface area contributed by atoms with Gasteiger partial charge in [-0.2, -0.15) is 5.53 Å². The fraction of sp³-hybridized carbons (Fsp3) is 0.724. The van der Waals surface area contributed by atoms with Gasteiger partial charge in [-0.15, -0.1) is 5.10 Å². The minimum atomic E-state index is -0.283. The second-order valence-electron chi connectivity index (χ2n) is 12.3. The molecule has 0 radical (unpaired) electrons. The molecule has 8 heteroatoms. The van der Waals surface area contributed by atoms with E-state index >= 15 is 0 Å². The Morgan fingerprint density at radius 3 is 2.22 bits per heavy atom. The number of urea groups is 1. The second-order valence-corrected chi connectivity index (χ2v) is 12.3. The minimum Gasteiger partial charge on any atom is -0.384 e. The number of amidine groups is 1.